The summed E-state index contributed by atoms with van der Waals surface area (Å²) in [5, 5.41) is 2.70. The molecule has 0 aromatic heterocycles. The molecule has 0 aliphatic heterocycles. The van der Waals surface area contributed by atoms with Gasteiger partial charge in [-0.05, 0) is 42.7 Å². The molecule has 0 aliphatic carbocycles. The largest absolute Gasteiger partial charge is 0.452 e. The molecule has 3 rings (SSSR count). The Morgan fingerprint density at radius 3 is 2.18 bits per heavy atom. The summed E-state index contributed by atoms with van der Waals surface area (Å²) in [4.78, 5) is 24.5. The molecular weight excluding hydrogens is 440 g/mol. The summed E-state index contributed by atoms with van der Waals surface area (Å²) >= 11 is 0. The second-order valence-corrected chi connectivity index (χ2v) is 9.26. The van der Waals surface area contributed by atoms with E-state index in [1.165, 1.54) is 30.8 Å². The van der Waals surface area contributed by atoms with E-state index >= 15 is 0 Å². The predicted octanol–water partition coefficient (Wildman–Crippen LogP) is 3.42. The van der Waals surface area contributed by atoms with Crippen molar-refractivity contribution in [3.63, 3.8) is 0 Å². The first-order valence-corrected chi connectivity index (χ1v) is 11.9. The Morgan fingerprint density at radius 1 is 0.879 bits per heavy atom. The number of amides is 1. The topological polar surface area (TPSA) is 92.8 Å². The first kappa shape index (κ1) is 24.0. The molecule has 8 heteroatoms. The first-order chi connectivity index (χ1) is 15.9. The Morgan fingerprint density at radius 2 is 1.48 bits per heavy atom. The molecular formula is C25H26N2O5S. The molecule has 0 saturated heterocycles. The van der Waals surface area contributed by atoms with E-state index in [-0.39, 0.29) is 10.5 Å². The molecule has 1 N–H and O–H groups in total. The van der Waals surface area contributed by atoms with Crippen LogP contribution >= 0.6 is 0 Å². The molecule has 0 fully saturated rings. The minimum Gasteiger partial charge on any atom is -0.452 e. The zero-order valence-electron chi connectivity index (χ0n) is 18.3. The number of anilines is 1. The number of ether oxygens (including phenoxy) is 1. The van der Waals surface area contributed by atoms with Gasteiger partial charge in [0, 0.05) is 13.6 Å². The highest BCUT2D eigenvalue weighted by molar-refractivity contribution is 7.92. The smallest absolute Gasteiger partial charge is 0.340 e. The van der Waals surface area contributed by atoms with Crippen LogP contribution in [0.5, 0.6) is 0 Å². The fourth-order valence-electron chi connectivity index (χ4n) is 3.21. The monoisotopic (exact) mass is 466 g/mol. The molecule has 0 saturated carbocycles. The molecule has 1 amide bonds. The molecule has 0 heterocycles. The molecule has 3 aromatic rings. The van der Waals surface area contributed by atoms with E-state index in [4.69, 9.17) is 4.74 Å². The van der Waals surface area contributed by atoms with Crippen LogP contribution in [0.3, 0.4) is 0 Å². The van der Waals surface area contributed by atoms with Crippen molar-refractivity contribution >= 4 is 27.6 Å². The van der Waals surface area contributed by atoms with Crippen LogP contribution in [0.2, 0.25) is 0 Å². The lowest BCUT2D eigenvalue weighted by Crippen LogP contribution is -2.31. The predicted molar refractivity (Wildman–Crippen MR) is 127 cm³/mol. The van der Waals surface area contributed by atoms with E-state index in [0.29, 0.717) is 12.2 Å². The highest BCUT2D eigenvalue weighted by Crippen LogP contribution is 2.24. The van der Waals surface area contributed by atoms with Crippen molar-refractivity contribution in [3.8, 4) is 0 Å². The molecule has 0 bridgehead atoms. The lowest BCUT2D eigenvalue weighted by molar-refractivity contribution is -0.124. The van der Waals surface area contributed by atoms with Crippen molar-refractivity contribution in [3.05, 3.63) is 96.1 Å². The van der Waals surface area contributed by atoms with Gasteiger partial charge >= 0.3 is 5.97 Å². The number of rotatable bonds is 10. The SMILES string of the molecule is CN(c1ccccc1)S(=O)(=O)c1ccccc1C(=O)OCC(=O)NCCCc1ccccc1. The number of para-hydroxylation sites is 1. The molecule has 0 spiro atoms. The van der Waals surface area contributed by atoms with Crippen LogP contribution in [-0.4, -0.2) is 40.5 Å². The number of hydrogen-bond donors (Lipinski definition) is 1. The Bertz CT molecular complexity index is 1180. The number of carbonyl (C=O) groups is 2. The summed E-state index contributed by atoms with van der Waals surface area (Å²) in [6.45, 7) is -0.0504. The molecule has 0 unspecified atom stereocenters. The summed E-state index contributed by atoms with van der Waals surface area (Å²) in [6, 6.07) is 24.2. The van der Waals surface area contributed by atoms with Crippen molar-refractivity contribution in [2.24, 2.45) is 0 Å². The van der Waals surface area contributed by atoms with E-state index in [0.717, 1.165) is 17.1 Å². The van der Waals surface area contributed by atoms with Crippen LogP contribution in [0.25, 0.3) is 0 Å². The minimum atomic E-state index is -4.02. The van der Waals surface area contributed by atoms with Crippen molar-refractivity contribution in [2.75, 3.05) is 24.5 Å². The standard InChI is InChI=1S/C25H26N2O5S/c1-27(21-14-6-3-7-15-21)33(30,31)23-17-9-8-16-22(23)25(29)32-19-24(28)26-18-10-13-20-11-4-2-5-12-20/h2-9,11-12,14-17H,10,13,18-19H2,1H3,(H,26,28). The molecule has 33 heavy (non-hydrogen) atoms. The van der Waals surface area contributed by atoms with Crippen molar-refractivity contribution in [1.82, 2.24) is 5.32 Å². The number of nitrogens with zero attached hydrogens (tertiary/aromatic N) is 1. The summed E-state index contributed by atoms with van der Waals surface area (Å²) in [6.07, 6.45) is 1.57. The fourth-order valence-corrected chi connectivity index (χ4v) is 4.58. The van der Waals surface area contributed by atoms with Gasteiger partial charge in [-0.25, -0.2) is 13.2 Å². The average Bonchev–Trinajstić information content (AvgIpc) is 2.85. The molecule has 0 atom stereocenters. The molecule has 0 aliphatic rings. The van der Waals surface area contributed by atoms with Gasteiger partial charge in [0.2, 0.25) is 0 Å². The first-order valence-electron chi connectivity index (χ1n) is 10.5. The number of aryl methyl sites for hydroxylation is 1. The molecule has 0 radical (unpaired) electrons. The number of esters is 1. The zero-order valence-corrected chi connectivity index (χ0v) is 19.1. The van der Waals surface area contributed by atoms with Crippen LogP contribution < -0.4 is 9.62 Å². The maximum absolute atomic E-state index is 13.1. The van der Waals surface area contributed by atoms with Crippen molar-refractivity contribution < 1.29 is 22.7 Å². The second kappa shape index (κ2) is 11.3. The quantitative estimate of drug-likeness (QED) is 0.365. The van der Waals surface area contributed by atoms with E-state index in [1.807, 2.05) is 30.3 Å². The van der Waals surface area contributed by atoms with E-state index < -0.39 is 28.5 Å². The van der Waals surface area contributed by atoms with Crippen LogP contribution in [0.1, 0.15) is 22.3 Å². The average molecular weight is 467 g/mol. The number of hydrogen-bond acceptors (Lipinski definition) is 5. The van der Waals surface area contributed by atoms with Gasteiger partial charge in [-0.2, -0.15) is 0 Å². The van der Waals surface area contributed by atoms with Crippen LogP contribution in [0.15, 0.2) is 89.8 Å². The van der Waals surface area contributed by atoms with Gasteiger partial charge in [0.05, 0.1) is 11.3 Å². The Kier molecular flexibility index (Phi) is 8.21. The maximum atomic E-state index is 13.1. The lowest BCUT2D eigenvalue weighted by Gasteiger charge is -2.20. The number of sulfonamides is 1. The second-order valence-electron chi connectivity index (χ2n) is 7.32. The Balaban J connectivity index is 1.58. The lowest BCUT2D eigenvalue weighted by atomic mass is 10.1. The Labute approximate surface area is 194 Å². The van der Waals surface area contributed by atoms with Crippen LogP contribution in [0.4, 0.5) is 5.69 Å². The maximum Gasteiger partial charge on any atom is 0.340 e. The highest BCUT2D eigenvalue weighted by atomic mass is 32.2. The molecule has 3 aromatic carbocycles. The number of nitrogens with one attached hydrogen (secondary N) is 1. The van der Waals surface area contributed by atoms with Gasteiger partial charge in [0.1, 0.15) is 4.90 Å². The van der Waals surface area contributed by atoms with Gasteiger partial charge in [0.15, 0.2) is 6.61 Å². The third-order valence-electron chi connectivity index (χ3n) is 5.01. The summed E-state index contributed by atoms with van der Waals surface area (Å²) < 4.78 is 32.4. The third kappa shape index (κ3) is 6.43. The third-order valence-corrected chi connectivity index (χ3v) is 6.85. The summed E-state index contributed by atoms with van der Waals surface area (Å²) in [5.41, 5.74) is 1.50. The van der Waals surface area contributed by atoms with Gasteiger partial charge in [0.25, 0.3) is 15.9 Å². The summed E-state index contributed by atoms with van der Waals surface area (Å²) in [5.74, 6) is -1.33. The number of carbonyl (C=O) groups excluding carboxylic acids is 2. The minimum absolute atomic E-state index is 0.128. The zero-order chi connectivity index (χ0) is 23.7. The van der Waals surface area contributed by atoms with Gasteiger partial charge < -0.3 is 10.1 Å². The van der Waals surface area contributed by atoms with Crippen molar-refractivity contribution in [2.45, 2.75) is 17.7 Å². The molecule has 172 valence electrons. The summed E-state index contributed by atoms with van der Waals surface area (Å²) in [7, 11) is -2.61. The van der Waals surface area contributed by atoms with Crippen LogP contribution in [-0.2, 0) is 26.0 Å². The fraction of sp³-hybridized carbons (Fsp3) is 0.200. The molecule has 7 nitrogen and oxygen atoms in total. The van der Waals surface area contributed by atoms with E-state index in [9.17, 15) is 18.0 Å². The van der Waals surface area contributed by atoms with Crippen molar-refractivity contribution in [1.29, 1.82) is 0 Å². The normalized spacial score (nSPS) is 10.9. The van der Waals surface area contributed by atoms with Crippen LogP contribution in [0, 0.1) is 0 Å². The van der Waals surface area contributed by atoms with E-state index in [1.54, 1.807) is 36.4 Å². The van der Waals surface area contributed by atoms with Gasteiger partial charge in [-0.1, -0.05) is 60.7 Å². The number of benzene rings is 3. The Hall–Kier alpha value is -3.65. The van der Waals surface area contributed by atoms with Gasteiger partial charge in [-0.3, -0.25) is 9.10 Å². The van der Waals surface area contributed by atoms with E-state index in [2.05, 4.69) is 5.32 Å². The highest BCUT2D eigenvalue weighted by Gasteiger charge is 2.27. The van der Waals surface area contributed by atoms with Gasteiger partial charge in [-0.15, -0.1) is 0 Å².